The van der Waals surface area contributed by atoms with E-state index in [4.69, 9.17) is 15.3 Å². The van der Waals surface area contributed by atoms with Crippen molar-refractivity contribution in [1.29, 1.82) is 0 Å². The molecule has 258 valence electrons. The van der Waals surface area contributed by atoms with Gasteiger partial charge in [0.25, 0.3) is 0 Å². The third kappa shape index (κ3) is 30.1. The van der Waals surface area contributed by atoms with Crippen molar-refractivity contribution in [2.24, 2.45) is 0 Å². The molecule has 0 amide bonds. The van der Waals surface area contributed by atoms with Gasteiger partial charge in [-0.05, 0) is 57.4 Å². The van der Waals surface area contributed by atoms with Gasteiger partial charge in [-0.15, -0.1) is 0 Å². The van der Waals surface area contributed by atoms with E-state index in [9.17, 15) is 14.4 Å². The lowest BCUT2D eigenvalue weighted by Gasteiger charge is -2.38. The summed E-state index contributed by atoms with van der Waals surface area (Å²) in [6, 6.07) is 0. The summed E-state index contributed by atoms with van der Waals surface area (Å²) in [5.41, 5.74) is 0. The van der Waals surface area contributed by atoms with Crippen LogP contribution in [0.1, 0.15) is 180 Å². The third-order valence-corrected chi connectivity index (χ3v) is 8.95. The fraction of sp³-hybridized carbons (Fsp3) is 0.865. The van der Waals surface area contributed by atoms with Gasteiger partial charge in [-0.3, -0.25) is 14.4 Å². The van der Waals surface area contributed by atoms with Crippen LogP contribution in [0.5, 0.6) is 0 Å². The zero-order valence-corrected chi connectivity index (χ0v) is 28.6. The van der Waals surface area contributed by atoms with Crippen LogP contribution in [0, 0.1) is 0 Å². The zero-order valence-electron chi connectivity index (χ0n) is 28.6. The quantitative estimate of drug-likeness (QED) is 0.0367. The first kappa shape index (κ1) is 42.1. The highest BCUT2D eigenvalue weighted by Crippen LogP contribution is 2.18. The van der Waals surface area contributed by atoms with Crippen LogP contribution in [-0.4, -0.2) is 63.9 Å². The minimum Gasteiger partial charge on any atom is -0.481 e. The summed E-state index contributed by atoms with van der Waals surface area (Å²) in [7, 11) is 0. The van der Waals surface area contributed by atoms with E-state index in [1.54, 1.807) is 0 Å². The molecule has 0 fully saturated rings. The number of carbonyl (C=O) groups is 3. The van der Waals surface area contributed by atoms with Gasteiger partial charge >= 0.3 is 17.9 Å². The first-order chi connectivity index (χ1) is 21.3. The van der Waals surface area contributed by atoms with Crippen molar-refractivity contribution in [3.05, 3.63) is 12.2 Å². The van der Waals surface area contributed by atoms with Crippen molar-refractivity contribution in [2.75, 3.05) is 26.2 Å². The molecule has 0 aromatic heterocycles. The Morgan fingerprint density at radius 3 is 1.07 bits per heavy atom. The molecule has 0 rings (SSSR count). The number of allylic oxidation sites excluding steroid dienone is 1. The number of nitrogens with zero attached hydrogens (tertiary/aromatic N) is 1. The van der Waals surface area contributed by atoms with Crippen molar-refractivity contribution in [3.8, 4) is 0 Å². The first-order valence-corrected chi connectivity index (χ1v) is 18.5. The van der Waals surface area contributed by atoms with E-state index in [1.807, 2.05) is 0 Å². The molecule has 0 aliphatic rings. The molecule has 0 saturated heterocycles. The average molecular weight is 625 g/mol. The molecular weight excluding hydrogens is 554 g/mol. The zero-order chi connectivity index (χ0) is 32.6. The summed E-state index contributed by atoms with van der Waals surface area (Å²) in [5, 5.41) is 27.1. The Morgan fingerprint density at radius 2 is 0.750 bits per heavy atom. The number of quaternary nitrogens is 1. The van der Waals surface area contributed by atoms with E-state index in [1.165, 1.54) is 109 Å². The number of carboxylic acid groups (broad SMARTS) is 3. The number of unbranched alkanes of at least 4 members (excludes halogenated alkanes) is 20. The van der Waals surface area contributed by atoms with Crippen LogP contribution in [0.25, 0.3) is 0 Å². The summed E-state index contributed by atoms with van der Waals surface area (Å²) in [6.07, 6.45) is 33.7. The van der Waals surface area contributed by atoms with Gasteiger partial charge in [-0.2, -0.15) is 0 Å². The smallest absolute Gasteiger partial charge is 0.303 e. The lowest BCUT2D eigenvalue weighted by Crippen LogP contribution is -2.50. The molecule has 0 aromatic rings. The molecule has 0 atom stereocenters. The average Bonchev–Trinajstić information content (AvgIpc) is 2.98. The second kappa shape index (κ2) is 31.1. The normalized spacial score (nSPS) is 11.8. The summed E-state index contributed by atoms with van der Waals surface area (Å²) >= 11 is 0. The van der Waals surface area contributed by atoms with Gasteiger partial charge in [0.2, 0.25) is 0 Å². The summed E-state index contributed by atoms with van der Waals surface area (Å²) < 4.78 is 0.786. The second-order valence-corrected chi connectivity index (χ2v) is 13.2. The second-order valence-electron chi connectivity index (χ2n) is 13.2. The maximum absolute atomic E-state index is 11.0. The number of aliphatic carboxylic acids is 3. The molecule has 0 spiro atoms. The minimum absolute atomic E-state index is 0.160. The molecule has 0 aliphatic carbocycles. The lowest BCUT2D eigenvalue weighted by molar-refractivity contribution is -0.923. The fourth-order valence-electron chi connectivity index (χ4n) is 6.18. The van der Waals surface area contributed by atoms with Gasteiger partial charge in [0.1, 0.15) is 0 Å². The number of carboxylic acids is 3. The Kier molecular flexibility index (Phi) is 29.8. The molecule has 7 nitrogen and oxygen atoms in total. The molecule has 3 N–H and O–H groups in total. The van der Waals surface area contributed by atoms with Crippen LogP contribution in [0.3, 0.4) is 0 Å². The van der Waals surface area contributed by atoms with E-state index in [-0.39, 0.29) is 19.3 Å². The highest BCUT2D eigenvalue weighted by Gasteiger charge is 2.25. The largest absolute Gasteiger partial charge is 0.481 e. The van der Waals surface area contributed by atoms with Crippen molar-refractivity contribution in [2.45, 2.75) is 180 Å². The molecule has 0 heterocycles. The van der Waals surface area contributed by atoms with Crippen LogP contribution in [0.15, 0.2) is 12.2 Å². The summed E-state index contributed by atoms with van der Waals surface area (Å²) in [4.78, 5) is 33.0. The van der Waals surface area contributed by atoms with E-state index in [0.29, 0.717) is 19.3 Å². The fourth-order valence-corrected chi connectivity index (χ4v) is 6.18. The molecule has 0 bridgehead atoms. The molecule has 0 aromatic carbocycles. The molecule has 0 saturated carbocycles. The first-order valence-electron chi connectivity index (χ1n) is 18.5. The summed E-state index contributed by atoms with van der Waals surface area (Å²) in [5.74, 6) is -2.33. The molecule has 0 radical (unpaired) electrons. The Bertz CT molecular complexity index is 668. The predicted molar refractivity (Wildman–Crippen MR) is 182 cm³/mol. The van der Waals surface area contributed by atoms with Crippen molar-refractivity contribution in [1.82, 2.24) is 0 Å². The van der Waals surface area contributed by atoms with Gasteiger partial charge < -0.3 is 19.8 Å². The highest BCUT2D eigenvalue weighted by atomic mass is 16.4. The maximum Gasteiger partial charge on any atom is 0.303 e. The number of hydrogen-bond acceptors (Lipinski definition) is 3. The van der Waals surface area contributed by atoms with Crippen LogP contribution in [-0.2, 0) is 14.4 Å². The highest BCUT2D eigenvalue weighted by molar-refractivity contribution is 5.67. The predicted octanol–water partition coefficient (Wildman–Crippen LogP) is 10.2. The molecule has 0 aliphatic heterocycles. The SMILES string of the molecule is CCCCCCCCCCCCCCCCCCC/C=C/C[N+](CCCCC(=O)O)(CCCCC(=O)O)CCCCC(=O)O. The Balaban J connectivity index is 4.30. The Labute approximate surface area is 270 Å². The van der Waals surface area contributed by atoms with Gasteiger partial charge in [0, 0.05) is 19.3 Å². The monoisotopic (exact) mass is 625 g/mol. The number of rotatable bonds is 35. The van der Waals surface area contributed by atoms with Gasteiger partial charge in [0.15, 0.2) is 0 Å². The standard InChI is InChI=1S/C37H69NO6/c1-2-3-4-5-6-7-8-9-10-11-12-13-14-15-16-17-18-19-20-24-31-38(32-25-21-28-35(39)40,33-26-22-29-36(41)42)34-27-23-30-37(43)44/h20,24H,2-19,21-23,25-34H2,1H3,(H2-,39,40,41,42,43,44)/p+1/b24-20+. The van der Waals surface area contributed by atoms with Gasteiger partial charge in [-0.1, -0.05) is 116 Å². The van der Waals surface area contributed by atoms with Crippen LogP contribution in [0.4, 0.5) is 0 Å². The topological polar surface area (TPSA) is 112 Å². The number of hydrogen-bond donors (Lipinski definition) is 3. The Morgan fingerprint density at radius 1 is 0.432 bits per heavy atom. The summed E-state index contributed by atoms with van der Waals surface area (Å²) in [6.45, 7) is 5.65. The van der Waals surface area contributed by atoms with Gasteiger partial charge in [-0.25, -0.2) is 0 Å². The molecule has 44 heavy (non-hydrogen) atoms. The van der Waals surface area contributed by atoms with E-state index in [0.717, 1.165) is 56.3 Å². The molecule has 7 heteroatoms. The lowest BCUT2D eigenvalue weighted by atomic mass is 10.0. The third-order valence-electron chi connectivity index (χ3n) is 8.95. The molecular formula is C37H70NO6+. The van der Waals surface area contributed by atoms with Crippen molar-refractivity contribution < 1.29 is 34.2 Å². The van der Waals surface area contributed by atoms with Crippen LogP contribution >= 0.6 is 0 Å². The van der Waals surface area contributed by atoms with E-state index >= 15 is 0 Å². The van der Waals surface area contributed by atoms with Gasteiger partial charge in [0.05, 0.1) is 26.2 Å². The minimum atomic E-state index is -0.778. The van der Waals surface area contributed by atoms with E-state index in [2.05, 4.69) is 19.1 Å². The van der Waals surface area contributed by atoms with Crippen LogP contribution in [0.2, 0.25) is 0 Å². The van der Waals surface area contributed by atoms with E-state index < -0.39 is 17.9 Å². The Hall–Kier alpha value is -1.89. The molecule has 0 unspecified atom stereocenters. The maximum atomic E-state index is 11.0. The van der Waals surface area contributed by atoms with Crippen molar-refractivity contribution >= 4 is 17.9 Å². The van der Waals surface area contributed by atoms with Crippen LogP contribution < -0.4 is 0 Å². The van der Waals surface area contributed by atoms with Crippen molar-refractivity contribution in [3.63, 3.8) is 0 Å².